The van der Waals surface area contributed by atoms with Gasteiger partial charge in [-0.2, -0.15) is 0 Å². The molecular weight excluding hydrogens is 324 g/mol. The quantitative estimate of drug-likeness (QED) is 0.742. The van der Waals surface area contributed by atoms with Crippen molar-refractivity contribution < 1.29 is 9.53 Å². The van der Waals surface area contributed by atoms with Crippen molar-refractivity contribution in [3.05, 3.63) is 59.2 Å². The van der Waals surface area contributed by atoms with Gasteiger partial charge in [0.05, 0.1) is 12.8 Å². The van der Waals surface area contributed by atoms with E-state index in [1.54, 1.807) is 7.11 Å². The van der Waals surface area contributed by atoms with Crippen LogP contribution < -0.4 is 9.64 Å². The first-order chi connectivity index (χ1) is 12.6. The van der Waals surface area contributed by atoms with Gasteiger partial charge < -0.3 is 9.64 Å². The molecule has 1 saturated heterocycles. The van der Waals surface area contributed by atoms with Gasteiger partial charge in [-0.15, -0.1) is 0 Å². The van der Waals surface area contributed by atoms with Crippen LogP contribution in [-0.4, -0.2) is 50.5 Å². The summed E-state index contributed by atoms with van der Waals surface area (Å²) in [6.07, 6.45) is 0.582. The first kappa shape index (κ1) is 18.5. The van der Waals surface area contributed by atoms with E-state index in [1.165, 1.54) is 5.56 Å². The summed E-state index contributed by atoms with van der Waals surface area (Å²) in [7, 11) is 1.72. The highest BCUT2D eigenvalue weighted by Crippen LogP contribution is 2.28. The lowest BCUT2D eigenvalue weighted by Gasteiger charge is -2.36. The van der Waals surface area contributed by atoms with Gasteiger partial charge in [0.2, 0.25) is 0 Å². The smallest absolute Gasteiger partial charge is 0.164 e. The molecule has 0 spiro atoms. The number of ketones is 1. The number of rotatable bonds is 6. The third kappa shape index (κ3) is 4.25. The molecule has 1 heterocycles. The third-order valence-corrected chi connectivity index (χ3v) is 5.14. The van der Waals surface area contributed by atoms with Crippen LogP contribution in [0.1, 0.15) is 27.9 Å². The van der Waals surface area contributed by atoms with Crippen LogP contribution in [0, 0.1) is 13.8 Å². The van der Waals surface area contributed by atoms with Crippen LogP contribution in [0.4, 0.5) is 5.69 Å². The summed E-state index contributed by atoms with van der Waals surface area (Å²) in [5.74, 6) is 1.17. The highest BCUT2D eigenvalue weighted by Gasteiger charge is 2.20. The van der Waals surface area contributed by atoms with Crippen molar-refractivity contribution in [2.24, 2.45) is 0 Å². The topological polar surface area (TPSA) is 32.8 Å². The van der Waals surface area contributed by atoms with E-state index in [-0.39, 0.29) is 5.78 Å². The minimum atomic E-state index is 0.245. The second kappa shape index (κ2) is 8.37. The molecule has 2 aromatic rings. The van der Waals surface area contributed by atoms with Gasteiger partial charge in [-0.1, -0.05) is 35.9 Å². The number of hydrogen-bond donors (Lipinski definition) is 0. The van der Waals surface area contributed by atoms with Gasteiger partial charge in [-0.25, -0.2) is 0 Å². The number of carbonyl (C=O) groups excluding carboxylic acids is 1. The fourth-order valence-corrected chi connectivity index (χ4v) is 3.62. The molecule has 0 saturated carbocycles. The number of aryl methyl sites for hydroxylation is 2. The van der Waals surface area contributed by atoms with Crippen LogP contribution in [0.2, 0.25) is 0 Å². The summed E-state index contributed by atoms with van der Waals surface area (Å²) in [5.41, 5.74) is 4.30. The van der Waals surface area contributed by atoms with E-state index in [0.717, 1.165) is 55.3 Å². The van der Waals surface area contributed by atoms with E-state index < -0.39 is 0 Å². The summed E-state index contributed by atoms with van der Waals surface area (Å²) in [5, 5.41) is 0. The van der Waals surface area contributed by atoms with Gasteiger partial charge >= 0.3 is 0 Å². The van der Waals surface area contributed by atoms with Crippen LogP contribution in [0.3, 0.4) is 0 Å². The Balaban J connectivity index is 1.52. The molecule has 0 aromatic heterocycles. The molecule has 1 aliphatic rings. The predicted molar refractivity (Wildman–Crippen MR) is 107 cm³/mol. The normalized spacial score (nSPS) is 15.1. The summed E-state index contributed by atoms with van der Waals surface area (Å²) in [4.78, 5) is 17.3. The van der Waals surface area contributed by atoms with Crippen molar-refractivity contribution in [1.82, 2.24) is 4.90 Å². The third-order valence-electron chi connectivity index (χ3n) is 5.14. The van der Waals surface area contributed by atoms with E-state index in [1.807, 2.05) is 37.3 Å². The lowest BCUT2D eigenvalue weighted by molar-refractivity contribution is 0.0962. The second-order valence-electron chi connectivity index (χ2n) is 6.99. The molecule has 1 fully saturated rings. The van der Waals surface area contributed by atoms with Crippen molar-refractivity contribution in [3.63, 3.8) is 0 Å². The van der Waals surface area contributed by atoms with Gasteiger partial charge in [0.1, 0.15) is 5.75 Å². The zero-order chi connectivity index (χ0) is 18.5. The van der Waals surface area contributed by atoms with Gasteiger partial charge in [0.15, 0.2) is 5.78 Å². The molecule has 138 valence electrons. The Bertz CT molecular complexity index is 764. The van der Waals surface area contributed by atoms with E-state index in [2.05, 4.69) is 28.9 Å². The van der Waals surface area contributed by atoms with E-state index in [4.69, 9.17) is 4.74 Å². The highest BCUT2D eigenvalue weighted by molar-refractivity contribution is 5.97. The zero-order valence-electron chi connectivity index (χ0n) is 16.0. The maximum Gasteiger partial charge on any atom is 0.164 e. The lowest BCUT2D eigenvalue weighted by Crippen LogP contribution is -2.47. The maximum absolute atomic E-state index is 12.5. The first-order valence-corrected chi connectivity index (χ1v) is 9.29. The molecule has 3 rings (SSSR count). The fraction of sp³-hybridized carbons (Fsp3) is 0.409. The Morgan fingerprint density at radius 1 is 1.04 bits per heavy atom. The number of para-hydroxylation sites is 2. The van der Waals surface area contributed by atoms with Gasteiger partial charge in [0, 0.05) is 44.7 Å². The molecule has 4 nitrogen and oxygen atoms in total. The molecule has 0 unspecified atom stereocenters. The number of piperazine rings is 1. The van der Waals surface area contributed by atoms with Gasteiger partial charge in [0.25, 0.3) is 0 Å². The molecule has 1 aliphatic heterocycles. The van der Waals surface area contributed by atoms with Gasteiger partial charge in [-0.3, -0.25) is 9.69 Å². The zero-order valence-corrected chi connectivity index (χ0v) is 16.0. The number of Topliss-reactive ketones (excluding diaryl/α,β-unsaturated/α-hetero) is 1. The van der Waals surface area contributed by atoms with Crippen molar-refractivity contribution >= 4 is 11.5 Å². The van der Waals surface area contributed by atoms with Crippen molar-refractivity contribution in [1.29, 1.82) is 0 Å². The Morgan fingerprint density at radius 3 is 2.46 bits per heavy atom. The number of ether oxygens (including phenoxy) is 1. The average Bonchev–Trinajstić information content (AvgIpc) is 2.66. The Labute approximate surface area is 156 Å². The number of benzene rings is 2. The molecule has 0 atom stereocenters. The molecular formula is C22H28N2O2. The minimum Gasteiger partial charge on any atom is -0.495 e. The van der Waals surface area contributed by atoms with Crippen LogP contribution in [0.15, 0.2) is 42.5 Å². The molecule has 4 heteroatoms. The average molecular weight is 352 g/mol. The van der Waals surface area contributed by atoms with E-state index in [9.17, 15) is 4.79 Å². The molecule has 2 aromatic carbocycles. The number of methoxy groups -OCH3 is 1. The van der Waals surface area contributed by atoms with E-state index in [0.29, 0.717) is 6.42 Å². The monoisotopic (exact) mass is 352 g/mol. The SMILES string of the molecule is COc1ccccc1N1CCN(CCC(=O)c2ccc(C)cc2C)CC1. The maximum atomic E-state index is 12.5. The first-order valence-electron chi connectivity index (χ1n) is 9.29. The lowest BCUT2D eigenvalue weighted by atomic mass is 10.0. The number of anilines is 1. The second-order valence-corrected chi connectivity index (χ2v) is 6.99. The van der Waals surface area contributed by atoms with E-state index >= 15 is 0 Å². The molecule has 0 N–H and O–H groups in total. The summed E-state index contributed by atoms with van der Waals surface area (Å²) >= 11 is 0. The van der Waals surface area contributed by atoms with Crippen molar-refractivity contribution in [2.45, 2.75) is 20.3 Å². The molecule has 0 amide bonds. The predicted octanol–water partition coefficient (Wildman–Crippen LogP) is 3.71. The number of nitrogens with zero attached hydrogens (tertiary/aromatic N) is 2. The Kier molecular flexibility index (Phi) is 5.94. The largest absolute Gasteiger partial charge is 0.495 e. The molecule has 0 aliphatic carbocycles. The van der Waals surface area contributed by atoms with Crippen LogP contribution in [-0.2, 0) is 0 Å². The van der Waals surface area contributed by atoms with Crippen molar-refractivity contribution in [3.8, 4) is 5.75 Å². The molecule has 0 radical (unpaired) electrons. The van der Waals surface area contributed by atoms with Crippen molar-refractivity contribution in [2.75, 3.05) is 44.7 Å². The number of carbonyl (C=O) groups is 1. The highest BCUT2D eigenvalue weighted by atomic mass is 16.5. The van der Waals surface area contributed by atoms with Crippen LogP contribution >= 0.6 is 0 Å². The standard InChI is InChI=1S/C22H28N2O2/c1-17-8-9-19(18(2)16-17)21(25)10-11-23-12-14-24(15-13-23)20-6-4-5-7-22(20)26-3/h4-9,16H,10-15H2,1-3H3. The Morgan fingerprint density at radius 2 is 1.77 bits per heavy atom. The fourth-order valence-electron chi connectivity index (χ4n) is 3.62. The summed E-state index contributed by atoms with van der Waals surface area (Å²) < 4.78 is 5.47. The van der Waals surface area contributed by atoms with Gasteiger partial charge in [-0.05, 0) is 31.5 Å². The van der Waals surface area contributed by atoms with Crippen LogP contribution in [0.25, 0.3) is 0 Å². The minimum absolute atomic E-state index is 0.245. The van der Waals surface area contributed by atoms with Crippen LogP contribution in [0.5, 0.6) is 5.75 Å². The molecule has 0 bridgehead atoms. The molecule has 26 heavy (non-hydrogen) atoms. The Hall–Kier alpha value is -2.33. The summed E-state index contributed by atoms with van der Waals surface area (Å²) in [6.45, 7) is 8.76. The number of hydrogen-bond acceptors (Lipinski definition) is 4. The summed E-state index contributed by atoms with van der Waals surface area (Å²) in [6, 6.07) is 14.2.